The molecule has 0 spiro atoms. The van der Waals surface area contributed by atoms with E-state index in [-0.39, 0.29) is 0 Å². The summed E-state index contributed by atoms with van der Waals surface area (Å²) >= 11 is 3.34. The molecule has 0 amide bonds. The van der Waals surface area contributed by atoms with Gasteiger partial charge in [-0.3, -0.25) is 0 Å². The molecule has 0 aromatic heterocycles. The molecule has 0 fully saturated rings. The van der Waals surface area contributed by atoms with Crippen LogP contribution in [0.15, 0.2) is 18.2 Å². The van der Waals surface area contributed by atoms with Gasteiger partial charge in [0.25, 0.3) is 0 Å². The monoisotopic (exact) mass is 228 g/mol. The van der Waals surface area contributed by atoms with E-state index in [4.69, 9.17) is 10.0 Å². The summed E-state index contributed by atoms with van der Waals surface area (Å²) in [6.07, 6.45) is 0. The van der Waals surface area contributed by atoms with Gasteiger partial charge >= 0.3 is 7.12 Å². The van der Waals surface area contributed by atoms with Gasteiger partial charge in [0.1, 0.15) is 0 Å². The third kappa shape index (κ3) is 2.09. The first-order valence-corrected chi connectivity index (χ1v) is 4.79. The zero-order valence-corrected chi connectivity index (χ0v) is 8.37. The van der Waals surface area contributed by atoms with Gasteiger partial charge in [0.15, 0.2) is 0 Å². The Labute approximate surface area is 80.5 Å². The van der Waals surface area contributed by atoms with Crippen molar-refractivity contribution in [1.82, 2.24) is 0 Å². The van der Waals surface area contributed by atoms with E-state index in [2.05, 4.69) is 15.9 Å². The lowest BCUT2D eigenvalue weighted by molar-refractivity contribution is 0.425. The van der Waals surface area contributed by atoms with Crippen LogP contribution in [-0.4, -0.2) is 17.2 Å². The van der Waals surface area contributed by atoms with Crippen molar-refractivity contribution in [2.75, 3.05) is 0 Å². The van der Waals surface area contributed by atoms with Gasteiger partial charge in [-0.05, 0) is 23.5 Å². The lowest BCUT2D eigenvalue weighted by Gasteiger charge is -2.04. The average Bonchev–Trinajstić information content (AvgIpc) is 2.04. The Morgan fingerprint density at radius 1 is 1.42 bits per heavy atom. The van der Waals surface area contributed by atoms with E-state index in [1.54, 1.807) is 12.1 Å². The van der Waals surface area contributed by atoms with Crippen LogP contribution in [-0.2, 0) is 5.33 Å². The molecule has 0 atom stereocenters. The van der Waals surface area contributed by atoms with Gasteiger partial charge in [0.2, 0.25) is 0 Å². The molecule has 1 aromatic carbocycles. The van der Waals surface area contributed by atoms with Gasteiger partial charge in [0.05, 0.1) is 0 Å². The molecule has 0 aliphatic heterocycles. The molecule has 64 valence electrons. The molecule has 1 aromatic rings. The summed E-state index contributed by atoms with van der Waals surface area (Å²) in [7, 11) is -1.37. The summed E-state index contributed by atoms with van der Waals surface area (Å²) in [5, 5.41) is 18.5. The number of aryl methyl sites for hydroxylation is 1. The zero-order valence-electron chi connectivity index (χ0n) is 6.79. The van der Waals surface area contributed by atoms with Crippen LogP contribution in [0.4, 0.5) is 0 Å². The molecule has 0 heterocycles. The summed E-state index contributed by atoms with van der Waals surface area (Å²) < 4.78 is 0. The lowest BCUT2D eigenvalue weighted by Crippen LogP contribution is -2.29. The average molecular weight is 229 g/mol. The summed E-state index contributed by atoms with van der Waals surface area (Å²) in [6.45, 7) is 1.95. The van der Waals surface area contributed by atoms with Crippen LogP contribution in [0.25, 0.3) is 0 Å². The largest absolute Gasteiger partial charge is 0.488 e. The fourth-order valence-corrected chi connectivity index (χ4v) is 1.66. The quantitative estimate of drug-likeness (QED) is 0.574. The molecule has 0 aliphatic carbocycles. The minimum atomic E-state index is -1.37. The zero-order chi connectivity index (χ0) is 9.14. The number of halogens is 1. The molecule has 4 heteroatoms. The number of hydrogen-bond acceptors (Lipinski definition) is 2. The van der Waals surface area contributed by atoms with Gasteiger partial charge in [-0.15, -0.1) is 0 Å². The van der Waals surface area contributed by atoms with Crippen molar-refractivity contribution >= 4 is 28.5 Å². The first-order valence-electron chi connectivity index (χ1n) is 3.66. The third-order valence-electron chi connectivity index (χ3n) is 1.81. The SMILES string of the molecule is Cc1cc(B(O)O)ccc1CBr. The molecule has 0 bridgehead atoms. The summed E-state index contributed by atoms with van der Waals surface area (Å²) in [4.78, 5) is 0. The van der Waals surface area contributed by atoms with Crippen molar-refractivity contribution in [2.45, 2.75) is 12.3 Å². The van der Waals surface area contributed by atoms with Crippen molar-refractivity contribution in [1.29, 1.82) is 0 Å². The molecule has 1 rings (SSSR count). The van der Waals surface area contributed by atoms with E-state index >= 15 is 0 Å². The Morgan fingerprint density at radius 2 is 2.08 bits per heavy atom. The Morgan fingerprint density at radius 3 is 2.50 bits per heavy atom. The van der Waals surface area contributed by atoms with Crippen LogP contribution in [0.5, 0.6) is 0 Å². The number of hydrogen-bond donors (Lipinski definition) is 2. The summed E-state index contributed by atoms with van der Waals surface area (Å²) in [5.74, 6) is 0. The second kappa shape index (κ2) is 4.07. The maximum absolute atomic E-state index is 8.86. The van der Waals surface area contributed by atoms with Crippen LogP contribution in [0.3, 0.4) is 0 Å². The van der Waals surface area contributed by atoms with Gasteiger partial charge in [-0.25, -0.2) is 0 Å². The van der Waals surface area contributed by atoms with Crippen molar-refractivity contribution in [3.8, 4) is 0 Å². The van der Waals surface area contributed by atoms with E-state index in [9.17, 15) is 0 Å². The molecule has 2 N–H and O–H groups in total. The van der Waals surface area contributed by atoms with Crippen LogP contribution in [0, 0.1) is 6.92 Å². The molecular formula is C8H10BBrO2. The predicted octanol–water partition coefficient (Wildman–Crippen LogP) is 0.570. The molecular weight excluding hydrogens is 219 g/mol. The minimum absolute atomic E-state index is 0.539. The highest BCUT2D eigenvalue weighted by molar-refractivity contribution is 9.08. The van der Waals surface area contributed by atoms with Crippen molar-refractivity contribution in [3.63, 3.8) is 0 Å². The van der Waals surface area contributed by atoms with E-state index in [0.717, 1.165) is 10.9 Å². The summed E-state index contributed by atoms with van der Waals surface area (Å²) in [5.41, 5.74) is 2.77. The highest BCUT2D eigenvalue weighted by Gasteiger charge is 2.10. The smallest absolute Gasteiger partial charge is 0.423 e. The molecule has 0 unspecified atom stereocenters. The molecule has 0 saturated heterocycles. The Balaban J connectivity index is 3.02. The van der Waals surface area contributed by atoms with Gasteiger partial charge in [-0.1, -0.05) is 34.1 Å². The van der Waals surface area contributed by atoms with Gasteiger partial charge in [0, 0.05) is 5.33 Å². The maximum Gasteiger partial charge on any atom is 0.488 e. The van der Waals surface area contributed by atoms with Crippen LogP contribution in [0.2, 0.25) is 0 Å². The van der Waals surface area contributed by atoms with E-state index in [1.165, 1.54) is 5.56 Å². The van der Waals surface area contributed by atoms with Crippen LogP contribution >= 0.6 is 15.9 Å². The Kier molecular flexibility index (Phi) is 3.32. The van der Waals surface area contributed by atoms with Crippen molar-refractivity contribution < 1.29 is 10.0 Å². The topological polar surface area (TPSA) is 40.5 Å². The fourth-order valence-electron chi connectivity index (χ4n) is 1.03. The van der Waals surface area contributed by atoms with Gasteiger partial charge < -0.3 is 10.0 Å². The van der Waals surface area contributed by atoms with Gasteiger partial charge in [-0.2, -0.15) is 0 Å². The van der Waals surface area contributed by atoms with E-state index in [0.29, 0.717) is 5.46 Å². The van der Waals surface area contributed by atoms with E-state index < -0.39 is 7.12 Å². The highest BCUT2D eigenvalue weighted by Crippen LogP contribution is 2.09. The fraction of sp³-hybridized carbons (Fsp3) is 0.250. The third-order valence-corrected chi connectivity index (χ3v) is 2.41. The Hall–Kier alpha value is -0.315. The van der Waals surface area contributed by atoms with Crippen molar-refractivity contribution in [2.24, 2.45) is 0 Å². The van der Waals surface area contributed by atoms with Crippen LogP contribution < -0.4 is 5.46 Å². The summed E-state index contributed by atoms with van der Waals surface area (Å²) in [6, 6.07) is 5.38. The van der Waals surface area contributed by atoms with Crippen molar-refractivity contribution in [3.05, 3.63) is 29.3 Å². The maximum atomic E-state index is 8.86. The standard InChI is InChI=1S/C8H10BBrO2/c1-6-4-8(9(11)12)3-2-7(6)5-10/h2-4,11-12H,5H2,1H3. The second-order valence-corrected chi connectivity index (χ2v) is 3.25. The highest BCUT2D eigenvalue weighted by atomic mass is 79.9. The molecule has 0 saturated carbocycles. The Bertz CT molecular complexity index is 276. The number of alkyl halides is 1. The lowest BCUT2D eigenvalue weighted by atomic mass is 9.79. The number of rotatable bonds is 2. The number of benzene rings is 1. The minimum Gasteiger partial charge on any atom is -0.423 e. The molecule has 2 nitrogen and oxygen atoms in total. The molecule has 12 heavy (non-hydrogen) atoms. The first-order chi connectivity index (χ1) is 5.65. The molecule has 0 aliphatic rings. The predicted molar refractivity (Wildman–Crippen MR) is 53.6 cm³/mol. The van der Waals surface area contributed by atoms with E-state index in [1.807, 2.05) is 13.0 Å². The first kappa shape index (κ1) is 9.77. The second-order valence-electron chi connectivity index (χ2n) is 2.69. The molecule has 0 radical (unpaired) electrons. The normalized spacial score (nSPS) is 10.0. The van der Waals surface area contributed by atoms with Crippen LogP contribution in [0.1, 0.15) is 11.1 Å².